The standard InChI is InChI=1S/C14H18F5NO5S/c1-20-9-3-7-2-8(4-9)6-12(20,5-7)11(21)25-10(13(15,16)17)14(18,19)26(22,23)24/h7-10H,2-6H2,1H3,(H,22,23,24). The average molecular weight is 407 g/mol. The van der Waals surface area contributed by atoms with Gasteiger partial charge in [-0.2, -0.15) is 30.4 Å². The summed E-state index contributed by atoms with van der Waals surface area (Å²) in [5, 5.41) is -5.71. The number of hydrogen-bond donors (Lipinski definition) is 1. The lowest BCUT2D eigenvalue weighted by molar-refractivity contribution is -0.267. The highest BCUT2D eigenvalue weighted by Gasteiger charge is 2.68. The van der Waals surface area contributed by atoms with E-state index in [4.69, 9.17) is 4.55 Å². The smallest absolute Gasteiger partial charge is 0.432 e. The summed E-state index contributed by atoms with van der Waals surface area (Å²) in [4.78, 5) is 14.1. The van der Waals surface area contributed by atoms with Crippen LogP contribution in [-0.4, -0.2) is 60.0 Å². The first-order valence-electron chi connectivity index (χ1n) is 8.04. The van der Waals surface area contributed by atoms with Crippen LogP contribution in [0.25, 0.3) is 0 Å². The van der Waals surface area contributed by atoms with E-state index < -0.39 is 39.2 Å². The van der Waals surface area contributed by atoms with Gasteiger partial charge in [-0.25, -0.2) is 0 Å². The predicted molar refractivity (Wildman–Crippen MR) is 76.8 cm³/mol. The van der Waals surface area contributed by atoms with Crippen molar-refractivity contribution in [2.24, 2.45) is 11.8 Å². The van der Waals surface area contributed by atoms with Crippen LogP contribution in [0.15, 0.2) is 0 Å². The zero-order chi connectivity index (χ0) is 19.7. The number of esters is 1. The van der Waals surface area contributed by atoms with Gasteiger partial charge in [-0.3, -0.25) is 14.2 Å². The first-order valence-corrected chi connectivity index (χ1v) is 9.48. The van der Waals surface area contributed by atoms with Crippen LogP contribution in [0.3, 0.4) is 0 Å². The van der Waals surface area contributed by atoms with Crippen LogP contribution in [0.1, 0.15) is 32.1 Å². The van der Waals surface area contributed by atoms with Crippen LogP contribution in [-0.2, 0) is 19.6 Å². The zero-order valence-electron chi connectivity index (χ0n) is 13.7. The van der Waals surface area contributed by atoms with Crippen molar-refractivity contribution in [2.45, 2.75) is 61.2 Å². The Balaban J connectivity index is 1.92. The molecule has 1 N–H and O–H groups in total. The summed E-state index contributed by atoms with van der Waals surface area (Å²) in [6.45, 7) is 0. The molecule has 6 nitrogen and oxygen atoms in total. The molecule has 2 aliphatic carbocycles. The van der Waals surface area contributed by atoms with Crippen LogP contribution in [0.4, 0.5) is 22.0 Å². The van der Waals surface area contributed by atoms with Gasteiger partial charge in [-0.05, 0) is 51.0 Å². The Morgan fingerprint density at radius 2 is 1.65 bits per heavy atom. The van der Waals surface area contributed by atoms with Gasteiger partial charge in [-0.15, -0.1) is 0 Å². The number of alkyl halides is 5. The topological polar surface area (TPSA) is 83.9 Å². The van der Waals surface area contributed by atoms with Crippen LogP contribution in [0.2, 0.25) is 0 Å². The van der Waals surface area contributed by atoms with Crippen molar-refractivity contribution in [3.8, 4) is 0 Å². The quantitative estimate of drug-likeness (QED) is 0.437. The van der Waals surface area contributed by atoms with Crippen molar-refractivity contribution in [1.82, 2.24) is 4.90 Å². The minimum atomic E-state index is -6.44. The number of carbonyl (C=O) groups is 1. The first-order chi connectivity index (χ1) is 11.7. The third kappa shape index (κ3) is 2.89. The molecule has 4 rings (SSSR count). The molecule has 2 saturated carbocycles. The van der Waals surface area contributed by atoms with Crippen molar-refractivity contribution in [3.63, 3.8) is 0 Å². The van der Waals surface area contributed by atoms with Gasteiger partial charge in [0.05, 0.1) is 0 Å². The van der Waals surface area contributed by atoms with Gasteiger partial charge >= 0.3 is 27.5 Å². The molecule has 0 amide bonds. The Hall–Kier alpha value is -1.01. The summed E-state index contributed by atoms with van der Waals surface area (Å²) in [6, 6.07) is -0.0554. The Morgan fingerprint density at radius 3 is 2.08 bits per heavy atom. The molecule has 26 heavy (non-hydrogen) atoms. The molecule has 150 valence electrons. The van der Waals surface area contributed by atoms with E-state index in [0.29, 0.717) is 0 Å². The minimum Gasteiger partial charge on any atom is -0.443 e. The monoisotopic (exact) mass is 407 g/mol. The third-order valence-corrected chi connectivity index (χ3v) is 6.81. The summed E-state index contributed by atoms with van der Waals surface area (Å²) in [5.74, 6) is -1.35. The lowest BCUT2D eigenvalue weighted by Crippen LogP contribution is -2.69. The largest absolute Gasteiger partial charge is 0.443 e. The highest BCUT2D eigenvalue weighted by Crippen LogP contribution is 2.55. The second-order valence-electron chi connectivity index (χ2n) is 7.51. The van der Waals surface area contributed by atoms with Crippen molar-refractivity contribution >= 4 is 16.1 Å². The zero-order valence-corrected chi connectivity index (χ0v) is 14.5. The third-order valence-electron chi connectivity index (χ3n) is 5.90. The highest BCUT2D eigenvalue weighted by atomic mass is 32.2. The van der Waals surface area contributed by atoms with E-state index in [-0.39, 0.29) is 30.7 Å². The number of nitrogens with zero attached hydrogens (tertiary/aromatic N) is 1. The van der Waals surface area contributed by atoms with Crippen molar-refractivity contribution in [2.75, 3.05) is 7.05 Å². The molecule has 0 aromatic carbocycles. The number of hydrogen-bond acceptors (Lipinski definition) is 5. The van der Waals surface area contributed by atoms with E-state index in [1.54, 1.807) is 4.90 Å². The molecule has 2 saturated heterocycles. The second kappa shape index (κ2) is 5.74. The van der Waals surface area contributed by atoms with Crippen LogP contribution >= 0.6 is 0 Å². The van der Waals surface area contributed by atoms with E-state index in [1.165, 1.54) is 7.05 Å². The molecule has 3 atom stereocenters. The Morgan fingerprint density at radius 1 is 1.15 bits per heavy atom. The number of rotatable bonds is 4. The van der Waals surface area contributed by atoms with Gasteiger partial charge in [0.15, 0.2) is 0 Å². The summed E-state index contributed by atoms with van der Waals surface area (Å²) in [6.07, 6.45) is -7.44. The molecule has 2 heterocycles. The lowest BCUT2D eigenvalue weighted by Gasteiger charge is -2.60. The summed E-state index contributed by atoms with van der Waals surface area (Å²) in [5.41, 5.74) is -1.48. The molecule has 0 spiro atoms. The molecule has 4 aliphatic rings. The summed E-state index contributed by atoms with van der Waals surface area (Å²) >= 11 is 0. The number of carbonyl (C=O) groups excluding carboxylic acids is 1. The maximum atomic E-state index is 13.7. The molecule has 4 fully saturated rings. The number of likely N-dealkylation sites (N-methyl/N-ethyl adjacent to an activating group) is 1. The van der Waals surface area contributed by atoms with Gasteiger partial charge in [0.2, 0.25) is 0 Å². The van der Waals surface area contributed by atoms with Gasteiger partial charge in [-0.1, -0.05) is 0 Å². The predicted octanol–water partition coefficient (Wildman–Crippen LogP) is 2.20. The SMILES string of the molecule is CN1C2CC3CC(C2)CC1(C(=O)OC(C(F)(F)F)C(F)(F)S(=O)(=O)O)C3. The van der Waals surface area contributed by atoms with Gasteiger partial charge in [0.1, 0.15) is 5.54 Å². The van der Waals surface area contributed by atoms with Crippen molar-refractivity contribution in [1.29, 1.82) is 0 Å². The van der Waals surface area contributed by atoms with E-state index >= 15 is 0 Å². The van der Waals surface area contributed by atoms with Crippen LogP contribution in [0.5, 0.6) is 0 Å². The molecule has 0 aromatic heterocycles. The molecular weight excluding hydrogens is 389 g/mol. The second-order valence-corrected chi connectivity index (χ2v) is 9.00. The van der Waals surface area contributed by atoms with Gasteiger partial charge < -0.3 is 4.74 Å². The number of halogens is 5. The molecule has 0 radical (unpaired) electrons. The molecule has 2 aliphatic heterocycles. The van der Waals surface area contributed by atoms with E-state index in [1.807, 2.05) is 0 Å². The van der Waals surface area contributed by atoms with Crippen molar-refractivity contribution < 1.29 is 44.5 Å². The minimum absolute atomic E-state index is 0.0554. The fourth-order valence-corrected chi connectivity index (χ4v) is 5.30. The Kier molecular flexibility index (Phi) is 4.36. The molecule has 0 aromatic rings. The maximum absolute atomic E-state index is 13.7. The molecule has 12 heteroatoms. The van der Waals surface area contributed by atoms with E-state index in [0.717, 1.165) is 19.3 Å². The van der Waals surface area contributed by atoms with E-state index in [9.17, 15) is 35.2 Å². The van der Waals surface area contributed by atoms with Crippen molar-refractivity contribution in [3.05, 3.63) is 0 Å². The van der Waals surface area contributed by atoms with Crippen LogP contribution in [0, 0.1) is 11.8 Å². The fraction of sp³-hybridized carbons (Fsp3) is 0.929. The highest BCUT2D eigenvalue weighted by molar-refractivity contribution is 7.86. The normalized spacial score (nSPS) is 36.2. The van der Waals surface area contributed by atoms with Gasteiger partial charge in [0, 0.05) is 6.04 Å². The van der Waals surface area contributed by atoms with Gasteiger partial charge in [0.25, 0.3) is 6.10 Å². The molecular formula is C14H18F5NO5S. The maximum Gasteiger partial charge on any atom is 0.432 e. The summed E-state index contributed by atoms with van der Waals surface area (Å²) < 4.78 is 100. The number of ether oxygens (including phenoxy) is 1. The lowest BCUT2D eigenvalue weighted by atomic mass is 9.58. The first kappa shape index (κ1) is 19.7. The summed E-state index contributed by atoms with van der Waals surface area (Å²) in [7, 11) is -4.91. The van der Waals surface area contributed by atoms with E-state index in [2.05, 4.69) is 4.74 Å². The molecule has 3 unspecified atom stereocenters. The molecule has 4 bridgehead atoms. The Labute approximate surface area is 146 Å². The number of piperidine rings is 2. The fourth-order valence-electron chi connectivity index (χ4n) is 4.84. The van der Waals surface area contributed by atoms with Crippen LogP contribution < -0.4 is 0 Å². The average Bonchev–Trinajstić information content (AvgIpc) is 2.46. The Bertz CT molecular complexity index is 695.